The number of carbonyl (C=O) groups is 1. The Hall–Kier alpha value is -0.660. The van der Waals surface area contributed by atoms with Crippen LogP contribution in [-0.4, -0.2) is 43.4 Å². The first-order valence-corrected chi connectivity index (χ1v) is 6.43. The molecule has 0 saturated carbocycles. The fourth-order valence-electron chi connectivity index (χ4n) is 1.48. The van der Waals surface area contributed by atoms with Crippen LogP contribution in [0, 0.1) is 0 Å². The third-order valence-electron chi connectivity index (χ3n) is 2.28. The van der Waals surface area contributed by atoms with E-state index in [1.165, 1.54) is 4.31 Å². The van der Waals surface area contributed by atoms with E-state index < -0.39 is 16.2 Å². The first kappa shape index (κ1) is 12.4. The van der Waals surface area contributed by atoms with Crippen LogP contribution in [0.5, 0.6) is 0 Å². The lowest BCUT2D eigenvalue weighted by molar-refractivity contribution is -0.136. The molecule has 0 atom stereocenters. The zero-order valence-electron chi connectivity index (χ0n) is 8.48. The maximum Gasteiger partial charge on any atom is 0.304 e. The summed E-state index contributed by atoms with van der Waals surface area (Å²) >= 11 is 0. The Labute approximate surface area is 89.4 Å². The van der Waals surface area contributed by atoms with Crippen LogP contribution in [0.2, 0.25) is 0 Å². The van der Waals surface area contributed by atoms with Crippen LogP contribution in [0.4, 0.5) is 0 Å². The molecule has 0 aromatic rings. The zero-order chi connectivity index (χ0) is 11.3. The summed E-state index contributed by atoms with van der Waals surface area (Å²) in [6, 6.07) is 0. The van der Waals surface area contributed by atoms with Crippen LogP contribution in [-0.2, 0) is 15.0 Å². The van der Waals surface area contributed by atoms with Crippen molar-refractivity contribution in [3.05, 3.63) is 0 Å². The van der Waals surface area contributed by atoms with Gasteiger partial charge in [-0.2, -0.15) is 12.7 Å². The van der Waals surface area contributed by atoms with Gasteiger partial charge in [0.05, 0.1) is 6.42 Å². The molecule has 2 N–H and O–H groups in total. The predicted molar refractivity (Wildman–Crippen MR) is 54.6 cm³/mol. The number of nitrogens with zero attached hydrogens (tertiary/aromatic N) is 1. The molecule has 0 radical (unpaired) electrons. The van der Waals surface area contributed by atoms with E-state index in [1.54, 1.807) is 0 Å². The van der Waals surface area contributed by atoms with Crippen molar-refractivity contribution in [2.24, 2.45) is 0 Å². The second-order valence-corrected chi connectivity index (χ2v) is 5.26. The van der Waals surface area contributed by atoms with Crippen molar-refractivity contribution in [2.45, 2.75) is 25.7 Å². The Morgan fingerprint density at radius 2 is 1.87 bits per heavy atom. The highest BCUT2D eigenvalue weighted by molar-refractivity contribution is 7.87. The third-order valence-corrected chi connectivity index (χ3v) is 3.89. The average Bonchev–Trinajstić information content (AvgIpc) is 2.18. The Morgan fingerprint density at radius 3 is 2.40 bits per heavy atom. The molecule has 0 bridgehead atoms. The highest BCUT2D eigenvalue weighted by Gasteiger charge is 2.23. The van der Waals surface area contributed by atoms with Crippen LogP contribution in [0.3, 0.4) is 0 Å². The van der Waals surface area contributed by atoms with Gasteiger partial charge in [-0.05, 0) is 12.8 Å². The molecule has 1 rings (SSSR count). The second kappa shape index (κ2) is 5.43. The fourth-order valence-corrected chi connectivity index (χ4v) is 2.76. The van der Waals surface area contributed by atoms with Gasteiger partial charge in [0.15, 0.2) is 0 Å². The minimum absolute atomic E-state index is 0.0475. The van der Waals surface area contributed by atoms with Crippen molar-refractivity contribution in [1.82, 2.24) is 9.03 Å². The molecule has 0 amide bonds. The molecule has 1 saturated heterocycles. The van der Waals surface area contributed by atoms with Crippen molar-refractivity contribution in [3.8, 4) is 0 Å². The van der Waals surface area contributed by atoms with Gasteiger partial charge in [-0.25, -0.2) is 4.72 Å². The first-order valence-electron chi connectivity index (χ1n) is 4.99. The maximum atomic E-state index is 11.6. The summed E-state index contributed by atoms with van der Waals surface area (Å²) in [4.78, 5) is 10.2. The number of hydrogen-bond donors (Lipinski definition) is 2. The van der Waals surface area contributed by atoms with Gasteiger partial charge in [0.25, 0.3) is 10.2 Å². The molecule has 1 aliphatic heterocycles. The molecule has 15 heavy (non-hydrogen) atoms. The Kier molecular flexibility index (Phi) is 4.49. The van der Waals surface area contributed by atoms with Gasteiger partial charge < -0.3 is 5.11 Å². The lowest BCUT2D eigenvalue weighted by Crippen LogP contribution is -2.43. The summed E-state index contributed by atoms with van der Waals surface area (Å²) in [5.41, 5.74) is 0. The highest BCUT2D eigenvalue weighted by atomic mass is 32.2. The van der Waals surface area contributed by atoms with E-state index in [2.05, 4.69) is 4.72 Å². The third kappa shape index (κ3) is 4.15. The molecule has 0 aromatic heterocycles. The molecule has 1 fully saturated rings. The van der Waals surface area contributed by atoms with E-state index in [1.807, 2.05) is 0 Å². The summed E-state index contributed by atoms with van der Waals surface area (Å²) in [6.07, 6.45) is 2.62. The molecular formula is C8H16N2O4S. The van der Waals surface area contributed by atoms with Crippen LogP contribution in [0.1, 0.15) is 25.7 Å². The number of hydrogen-bond acceptors (Lipinski definition) is 3. The quantitative estimate of drug-likeness (QED) is 0.691. The maximum absolute atomic E-state index is 11.6. The molecule has 0 unspecified atom stereocenters. The smallest absolute Gasteiger partial charge is 0.304 e. The van der Waals surface area contributed by atoms with Crippen molar-refractivity contribution in [3.63, 3.8) is 0 Å². The summed E-state index contributed by atoms with van der Waals surface area (Å²) < 4.78 is 26.8. The van der Waals surface area contributed by atoms with Crippen LogP contribution in [0.15, 0.2) is 0 Å². The molecule has 1 aliphatic rings. The number of aliphatic carboxylic acids is 1. The number of piperidine rings is 1. The van der Waals surface area contributed by atoms with E-state index >= 15 is 0 Å². The summed E-state index contributed by atoms with van der Waals surface area (Å²) in [5.74, 6) is -1.00. The van der Waals surface area contributed by atoms with E-state index in [-0.39, 0.29) is 13.0 Å². The van der Waals surface area contributed by atoms with Crippen molar-refractivity contribution < 1.29 is 18.3 Å². The molecule has 0 spiro atoms. The molecule has 88 valence electrons. The van der Waals surface area contributed by atoms with Gasteiger partial charge in [0.2, 0.25) is 0 Å². The topological polar surface area (TPSA) is 86.7 Å². The fraction of sp³-hybridized carbons (Fsp3) is 0.875. The number of rotatable bonds is 5. The minimum atomic E-state index is -3.46. The SMILES string of the molecule is O=C(O)CCNS(=O)(=O)N1CCCCC1. The number of carboxylic acid groups (broad SMARTS) is 1. The van der Waals surface area contributed by atoms with Gasteiger partial charge in [-0.3, -0.25) is 4.79 Å². The van der Waals surface area contributed by atoms with Gasteiger partial charge in [-0.15, -0.1) is 0 Å². The predicted octanol–water partition coefficient (Wildman–Crippen LogP) is -0.219. The summed E-state index contributed by atoms with van der Waals surface area (Å²) in [7, 11) is -3.46. The van der Waals surface area contributed by atoms with E-state index in [4.69, 9.17) is 5.11 Å². The normalized spacial score (nSPS) is 18.9. The van der Waals surface area contributed by atoms with E-state index in [9.17, 15) is 13.2 Å². The Bertz CT molecular complexity index is 309. The van der Waals surface area contributed by atoms with E-state index in [0.717, 1.165) is 19.3 Å². The molecule has 6 nitrogen and oxygen atoms in total. The Morgan fingerprint density at radius 1 is 1.27 bits per heavy atom. The van der Waals surface area contributed by atoms with Crippen molar-refractivity contribution in [2.75, 3.05) is 19.6 Å². The monoisotopic (exact) mass is 236 g/mol. The first-order chi connectivity index (χ1) is 7.02. The van der Waals surface area contributed by atoms with Crippen LogP contribution >= 0.6 is 0 Å². The molecule has 1 heterocycles. The molecule has 0 aromatic carbocycles. The van der Waals surface area contributed by atoms with Crippen LogP contribution in [0.25, 0.3) is 0 Å². The minimum Gasteiger partial charge on any atom is -0.481 e. The Balaban J connectivity index is 2.40. The second-order valence-electron chi connectivity index (χ2n) is 3.50. The lowest BCUT2D eigenvalue weighted by atomic mass is 10.2. The summed E-state index contributed by atoms with van der Waals surface area (Å²) in [5, 5.41) is 8.37. The van der Waals surface area contributed by atoms with Gasteiger partial charge in [-0.1, -0.05) is 6.42 Å². The van der Waals surface area contributed by atoms with Gasteiger partial charge in [0.1, 0.15) is 0 Å². The van der Waals surface area contributed by atoms with Gasteiger partial charge >= 0.3 is 5.97 Å². The van der Waals surface area contributed by atoms with Crippen LogP contribution < -0.4 is 4.72 Å². The molecular weight excluding hydrogens is 220 g/mol. The standard InChI is InChI=1S/C8H16N2O4S/c11-8(12)4-5-9-15(13,14)10-6-2-1-3-7-10/h9H,1-7H2,(H,11,12). The molecule has 7 heteroatoms. The van der Waals surface area contributed by atoms with E-state index in [0.29, 0.717) is 13.1 Å². The molecule has 0 aliphatic carbocycles. The highest BCUT2D eigenvalue weighted by Crippen LogP contribution is 2.11. The number of carboxylic acids is 1. The van der Waals surface area contributed by atoms with Gasteiger partial charge in [0, 0.05) is 19.6 Å². The van der Waals surface area contributed by atoms with Crippen molar-refractivity contribution >= 4 is 16.2 Å². The lowest BCUT2D eigenvalue weighted by Gasteiger charge is -2.25. The van der Waals surface area contributed by atoms with Crippen molar-refractivity contribution in [1.29, 1.82) is 0 Å². The average molecular weight is 236 g/mol. The summed E-state index contributed by atoms with van der Waals surface area (Å²) in [6.45, 7) is 1.01. The largest absolute Gasteiger partial charge is 0.481 e. The zero-order valence-corrected chi connectivity index (χ0v) is 9.29. The number of nitrogens with one attached hydrogen (secondary N) is 1.